The maximum Gasteiger partial charge on any atom is 0.315 e. The number of nitrogens with one attached hydrogen (secondary N) is 3. The van der Waals surface area contributed by atoms with Crippen LogP contribution in [0.1, 0.15) is 52.5 Å². The summed E-state index contributed by atoms with van der Waals surface area (Å²) in [6, 6.07) is 9.75. The van der Waals surface area contributed by atoms with Crippen LogP contribution in [0.3, 0.4) is 0 Å². The van der Waals surface area contributed by atoms with E-state index in [0.717, 1.165) is 18.4 Å². The molecule has 1 aromatic rings. The third kappa shape index (κ3) is 5.45. The lowest BCUT2D eigenvalue weighted by Crippen LogP contribution is -2.63. The molecule has 148 valence electrons. The minimum Gasteiger partial charge on any atom is -0.336 e. The molecule has 0 aromatic heterocycles. The first-order chi connectivity index (χ1) is 12.6. The standard InChI is InChI=1S/C21H32N4O2/c1-20(2)11-17(12-21(3,4)24-20)23-19(27)22-16-10-18(26)25(14-16)13-15-8-6-5-7-9-15/h5-9,16-17,24H,10-14H2,1-4H3,(H2,22,23,27). The molecule has 6 heteroatoms. The SMILES string of the molecule is CC1(C)CC(NC(=O)NC2CC(=O)N(Cc3ccccc3)C2)CC(C)(C)N1. The highest BCUT2D eigenvalue weighted by molar-refractivity contribution is 5.81. The summed E-state index contributed by atoms with van der Waals surface area (Å²) >= 11 is 0. The number of likely N-dealkylation sites (tertiary alicyclic amines) is 1. The number of nitrogens with zero attached hydrogens (tertiary/aromatic N) is 1. The molecule has 0 saturated carbocycles. The molecule has 6 nitrogen and oxygen atoms in total. The van der Waals surface area contributed by atoms with Crippen molar-refractivity contribution in [3.63, 3.8) is 0 Å². The van der Waals surface area contributed by atoms with Crippen molar-refractivity contribution in [2.75, 3.05) is 6.54 Å². The topological polar surface area (TPSA) is 73.5 Å². The summed E-state index contributed by atoms with van der Waals surface area (Å²) < 4.78 is 0. The van der Waals surface area contributed by atoms with Crippen molar-refractivity contribution in [2.45, 2.75) is 76.7 Å². The molecule has 2 aliphatic rings. The van der Waals surface area contributed by atoms with Crippen LogP contribution < -0.4 is 16.0 Å². The first-order valence-corrected chi connectivity index (χ1v) is 9.80. The molecule has 1 unspecified atom stereocenters. The van der Waals surface area contributed by atoms with Crippen molar-refractivity contribution in [1.82, 2.24) is 20.9 Å². The number of hydrogen-bond donors (Lipinski definition) is 3. The summed E-state index contributed by atoms with van der Waals surface area (Å²) in [5.74, 6) is 0.0910. The van der Waals surface area contributed by atoms with E-state index >= 15 is 0 Å². The molecule has 2 aliphatic heterocycles. The third-order valence-corrected chi connectivity index (χ3v) is 5.29. The Labute approximate surface area is 162 Å². The number of amides is 3. The van der Waals surface area contributed by atoms with Crippen molar-refractivity contribution < 1.29 is 9.59 Å². The number of rotatable bonds is 4. The van der Waals surface area contributed by atoms with Crippen LogP contribution in [-0.4, -0.2) is 46.5 Å². The van der Waals surface area contributed by atoms with E-state index in [1.54, 1.807) is 0 Å². The Balaban J connectivity index is 1.50. The zero-order chi connectivity index (χ0) is 19.7. The summed E-state index contributed by atoms with van der Waals surface area (Å²) in [6.45, 7) is 9.81. The Bertz CT molecular complexity index is 671. The number of hydrogen-bond acceptors (Lipinski definition) is 3. The Morgan fingerprint density at radius 1 is 1.07 bits per heavy atom. The van der Waals surface area contributed by atoms with Crippen molar-refractivity contribution in [1.29, 1.82) is 0 Å². The molecule has 0 spiro atoms. The summed E-state index contributed by atoms with van der Waals surface area (Å²) in [7, 11) is 0. The van der Waals surface area contributed by atoms with Gasteiger partial charge in [0.2, 0.25) is 5.91 Å². The van der Waals surface area contributed by atoms with Gasteiger partial charge in [-0.05, 0) is 46.1 Å². The minimum absolute atomic E-state index is 0.0183. The van der Waals surface area contributed by atoms with Crippen molar-refractivity contribution in [3.05, 3.63) is 35.9 Å². The van der Waals surface area contributed by atoms with Gasteiger partial charge in [-0.25, -0.2) is 4.79 Å². The second-order valence-electron chi connectivity index (χ2n) is 9.28. The van der Waals surface area contributed by atoms with Gasteiger partial charge >= 0.3 is 6.03 Å². The highest BCUT2D eigenvalue weighted by Gasteiger charge is 2.38. The van der Waals surface area contributed by atoms with E-state index in [2.05, 4.69) is 43.6 Å². The molecule has 1 atom stereocenters. The van der Waals surface area contributed by atoms with Gasteiger partial charge in [0.15, 0.2) is 0 Å². The van der Waals surface area contributed by atoms with Gasteiger partial charge in [-0.3, -0.25) is 4.79 Å². The highest BCUT2D eigenvalue weighted by atomic mass is 16.2. The first-order valence-electron chi connectivity index (χ1n) is 9.80. The summed E-state index contributed by atoms with van der Waals surface area (Å²) in [4.78, 5) is 26.6. The average Bonchev–Trinajstić information content (AvgIpc) is 2.84. The molecule has 2 heterocycles. The van der Waals surface area contributed by atoms with Crippen LogP contribution in [0.5, 0.6) is 0 Å². The Kier molecular flexibility index (Phi) is 5.47. The van der Waals surface area contributed by atoms with E-state index in [9.17, 15) is 9.59 Å². The van der Waals surface area contributed by atoms with Crippen LogP contribution in [0, 0.1) is 0 Å². The zero-order valence-electron chi connectivity index (χ0n) is 16.8. The number of benzene rings is 1. The maximum atomic E-state index is 12.5. The normalized spacial score (nSPS) is 24.7. The predicted molar refractivity (Wildman–Crippen MR) is 106 cm³/mol. The molecule has 27 heavy (non-hydrogen) atoms. The number of carbonyl (C=O) groups excluding carboxylic acids is 2. The Morgan fingerprint density at radius 3 is 2.30 bits per heavy atom. The van der Waals surface area contributed by atoms with Gasteiger partial charge in [-0.2, -0.15) is 0 Å². The van der Waals surface area contributed by atoms with E-state index in [1.165, 1.54) is 0 Å². The number of urea groups is 1. The largest absolute Gasteiger partial charge is 0.336 e. The lowest BCUT2D eigenvalue weighted by atomic mass is 9.80. The molecule has 0 radical (unpaired) electrons. The van der Waals surface area contributed by atoms with E-state index < -0.39 is 0 Å². The van der Waals surface area contributed by atoms with Gasteiger partial charge in [0.1, 0.15) is 0 Å². The van der Waals surface area contributed by atoms with Crippen LogP contribution in [-0.2, 0) is 11.3 Å². The summed E-state index contributed by atoms with van der Waals surface area (Å²) in [6.07, 6.45) is 2.13. The van der Waals surface area contributed by atoms with Crippen LogP contribution in [0.4, 0.5) is 4.79 Å². The van der Waals surface area contributed by atoms with Gasteiger partial charge in [0.25, 0.3) is 0 Å². The molecule has 3 N–H and O–H groups in total. The second kappa shape index (κ2) is 7.50. The molecular formula is C21H32N4O2. The van der Waals surface area contributed by atoms with E-state index in [0.29, 0.717) is 19.5 Å². The molecule has 1 aromatic carbocycles. The second-order valence-corrected chi connectivity index (χ2v) is 9.28. The number of carbonyl (C=O) groups is 2. The fourth-order valence-corrected chi connectivity index (χ4v) is 4.66. The fraction of sp³-hybridized carbons (Fsp3) is 0.619. The Hall–Kier alpha value is -2.08. The van der Waals surface area contributed by atoms with Gasteiger partial charge in [0.05, 0.1) is 6.04 Å². The van der Waals surface area contributed by atoms with E-state index in [4.69, 9.17) is 0 Å². The fourth-order valence-electron chi connectivity index (χ4n) is 4.66. The summed E-state index contributed by atoms with van der Waals surface area (Å²) in [5.41, 5.74) is 1.07. The van der Waals surface area contributed by atoms with Crippen LogP contribution >= 0.6 is 0 Å². The lowest BCUT2D eigenvalue weighted by molar-refractivity contribution is -0.128. The van der Waals surface area contributed by atoms with Crippen molar-refractivity contribution >= 4 is 11.9 Å². The quantitative estimate of drug-likeness (QED) is 0.760. The Morgan fingerprint density at radius 2 is 1.67 bits per heavy atom. The van der Waals surface area contributed by atoms with Gasteiger partial charge in [-0.1, -0.05) is 30.3 Å². The maximum absolute atomic E-state index is 12.5. The van der Waals surface area contributed by atoms with Crippen molar-refractivity contribution in [3.8, 4) is 0 Å². The monoisotopic (exact) mass is 372 g/mol. The van der Waals surface area contributed by atoms with E-state index in [1.807, 2.05) is 35.2 Å². The van der Waals surface area contributed by atoms with Crippen LogP contribution in [0.2, 0.25) is 0 Å². The third-order valence-electron chi connectivity index (χ3n) is 5.29. The number of piperidine rings is 1. The first kappa shape index (κ1) is 19.7. The molecule has 3 rings (SSSR count). The van der Waals surface area contributed by atoms with Crippen LogP contribution in [0.15, 0.2) is 30.3 Å². The predicted octanol–water partition coefficient (Wildman–Crippen LogP) is 2.40. The minimum atomic E-state index is -0.173. The van der Waals surface area contributed by atoms with Crippen molar-refractivity contribution in [2.24, 2.45) is 0 Å². The lowest BCUT2D eigenvalue weighted by Gasteiger charge is -2.46. The summed E-state index contributed by atoms with van der Waals surface area (Å²) in [5, 5.41) is 9.73. The molecule has 2 fully saturated rings. The van der Waals surface area contributed by atoms with Crippen LogP contribution in [0.25, 0.3) is 0 Å². The van der Waals surface area contributed by atoms with Gasteiger partial charge in [0, 0.05) is 36.6 Å². The van der Waals surface area contributed by atoms with Gasteiger partial charge < -0.3 is 20.9 Å². The molecular weight excluding hydrogens is 340 g/mol. The molecule has 2 saturated heterocycles. The zero-order valence-corrected chi connectivity index (χ0v) is 16.8. The van der Waals surface area contributed by atoms with Gasteiger partial charge in [-0.15, -0.1) is 0 Å². The average molecular weight is 373 g/mol. The molecule has 3 amide bonds. The molecule has 0 aliphatic carbocycles. The smallest absolute Gasteiger partial charge is 0.315 e. The highest BCUT2D eigenvalue weighted by Crippen LogP contribution is 2.28. The molecule has 0 bridgehead atoms. The van der Waals surface area contributed by atoms with E-state index in [-0.39, 0.29) is 35.1 Å².